The fourth-order valence-electron chi connectivity index (χ4n) is 1.73. The molecule has 1 heterocycles. The van der Waals surface area contributed by atoms with E-state index in [0.717, 1.165) is 32.2 Å². The van der Waals surface area contributed by atoms with E-state index >= 15 is 0 Å². The van der Waals surface area contributed by atoms with Crippen molar-refractivity contribution in [3.8, 4) is 0 Å². The van der Waals surface area contributed by atoms with Crippen molar-refractivity contribution in [2.24, 2.45) is 0 Å². The van der Waals surface area contributed by atoms with Crippen LogP contribution in [0.4, 0.5) is 0 Å². The molecule has 4 nitrogen and oxygen atoms in total. The van der Waals surface area contributed by atoms with Crippen molar-refractivity contribution in [2.75, 3.05) is 26.2 Å². The van der Waals surface area contributed by atoms with Crippen molar-refractivity contribution in [1.82, 2.24) is 4.90 Å². The molecule has 1 rings (SSSR count). The number of rotatable bonds is 5. The molecule has 1 atom stereocenters. The van der Waals surface area contributed by atoms with Gasteiger partial charge in [-0.3, -0.25) is 9.69 Å². The SMILES string of the molecule is CCCCOC(=O)CN1CCC[C@H](O)C1. The normalized spacial score (nSPS) is 22.7. The lowest BCUT2D eigenvalue weighted by atomic mass is 10.1. The summed E-state index contributed by atoms with van der Waals surface area (Å²) in [5.41, 5.74) is 0. The van der Waals surface area contributed by atoms with Crippen LogP contribution in [-0.2, 0) is 9.53 Å². The van der Waals surface area contributed by atoms with E-state index in [4.69, 9.17) is 4.74 Å². The van der Waals surface area contributed by atoms with E-state index in [-0.39, 0.29) is 12.1 Å². The minimum Gasteiger partial charge on any atom is -0.465 e. The van der Waals surface area contributed by atoms with Crippen LogP contribution in [0, 0.1) is 0 Å². The molecule has 1 aliphatic heterocycles. The van der Waals surface area contributed by atoms with Crippen LogP contribution in [0.1, 0.15) is 32.6 Å². The van der Waals surface area contributed by atoms with Crippen LogP contribution in [0.15, 0.2) is 0 Å². The minimum atomic E-state index is -0.276. The predicted molar refractivity (Wildman–Crippen MR) is 57.5 cm³/mol. The highest BCUT2D eigenvalue weighted by molar-refractivity contribution is 5.71. The van der Waals surface area contributed by atoms with Gasteiger partial charge < -0.3 is 9.84 Å². The van der Waals surface area contributed by atoms with Gasteiger partial charge in [-0.15, -0.1) is 0 Å². The number of hydrogen-bond acceptors (Lipinski definition) is 4. The van der Waals surface area contributed by atoms with Crippen LogP contribution >= 0.6 is 0 Å². The van der Waals surface area contributed by atoms with E-state index in [1.807, 2.05) is 4.90 Å². The molecule has 88 valence electrons. The lowest BCUT2D eigenvalue weighted by Crippen LogP contribution is -2.41. The molecule has 4 heteroatoms. The van der Waals surface area contributed by atoms with Crippen LogP contribution in [0.25, 0.3) is 0 Å². The summed E-state index contributed by atoms with van der Waals surface area (Å²) < 4.78 is 5.06. The molecule has 0 aliphatic carbocycles. The molecule has 0 spiro atoms. The number of esters is 1. The zero-order valence-corrected chi connectivity index (χ0v) is 9.45. The molecule has 0 bridgehead atoms. The lowest BCUT2D eigenvalue weighted by Gasteiger charge is -2.28. The van der Waals surface area contributed by atoms with Crippen LogP contribution in [-0.4, -0.2) is 48.3 Å². The van der Waals surface area contributed by atoms with E-state index in [1.165, 1.54) is 0 Å². The summed E-state index contributed by atoms with van der Waals surface area (Å²) in [5, 5.41) is 9.41. The summed E-state index contributed by atoms with van der Waals surface area (Å²) in [6, 6.07) is 0. The van der Waals surface area contributed by atoms with Gasteiger partial charge in [0.25, 0.3) is 0 Å². The first kappa shape index (κ1) is 12.5. The van der Waals surface area contributed by atoms with Gasteiger partial charge in [-0.1, -0.05) is 13.3 Å². The average molecular weight is 215 g/mol. The Balaban J connectivity index is 2.13. The number of hydrogen-bond donors (Lipinski definition) is 1. The number of nitrogens with zero attached hydrogens (tertiary/aromatic N) is 1. The van der Waals surface area contributed by atoms with Crippen molar-refractivity contribution < 1.29 is 14.6 Å². The molecule has 1 saturated heterocycles. The third kappa shape index (κ3) is 5.14. The molecule has 0 aromatic rings. The van der Waals surface area contributed by atoms with Gasteiger partial charge in [0.2, 0.25) is 0 Å². The first-order valence-corrected chi connectivity index (χ1v) is 5.78. The smallest absolute Gasteiger partial charge is 0.320 e. The van der Waals surface area contributed by atoms with Gasteiger partial charge in [-0.2, -0.15) is 0 Å². The second-order valence-corrected chi connectivity index (χ2v) is 4.11. The molecule has 0 aromatic heterocycles. The molecule has 0 saturated carbocycles. The zero-order chi connectivity index (χ0) is 11.1. The quantitative estimate of drug-likeness (QED) is 0.544. The molecule has 15 heavy (non-hydrogen) atoms. The van der Waals surface area contributed by atoms with Gasteiger partial charge in [-0.25, -0.2) is 0 Å². The number of carbonyl (C=O) groups excluding carboxylic acids is 1. The summed E-state index contributed by atoms with van der Waals surface area (Å²) in [6.45, 7) is 4.39. The van der Waals surface area contributed by atoms with E-state index in [0.29, 0.717) is 19.7 Å². The molecule has 1 fully saturated rings. The van der Waals surface area contributed by atoms with E-state index < -0.39 is 0 Å². The highest BCUT2D eigenvalue weighted by Gasteiger charge is 2.19. The van der Waals surface area contributed by atoms with Crippen molar-refractivity contribution in [3.63, 3.8) is 0 Å². The number of aliphatic hydroxyl groups is 1. The fraction of sp³-hybridized carbons (Fsp3) is 0.909. The molecular formula is C11H21NO3. The Morgan fingerprint density at radius 3 is 3.07 bits per heavy atom. The summed E-state index contributed by atoms with van der Waals surface area (Å²) in [4.78, 5) is 13.3. The molecule has 0 aromatic carbocycles. The average Bonchev–Trinajstić information content (AvgIpc) is 2.18. The molecule has 0 amide bonds. The second kappa shape index (κ2) is 6.80. The number of unbranched alkanes of at least 4 members (excludes halogenated alkanes) is 1. The van der Waals surface area contributed by atoms with Crippen LogP contribution in [0.2, 0.25) is 0 Å². The standard InChI is InChI=1S/C11H21NO3/c1-2-3-7-15-11(14)9-12-6-4-5-10(13)8-12/h10,13H,2-9H2,1H3/t10-/m0/s1. The van der Waals surface area contributed by atoms with Gasteiger partial charge >= 0.3 is 5.97 Å². The van der Waals surface area contributed by atoms with Gasteiger partial charge in [0, 0.05) is 6.54 Å². The Labute approximate surface area is 91.2 Å². The monoisotopic (exact) mass is 215 g/mol. The maximum Gasteiger partial charge on any atom is 0.320 e. The van der Waals surface area contributed by atoms with E-state index in [2.05, 4.69) is 6.92 Å². The number of carbonyl (C=O) groups is 1. The Kier molecular flexibility index (Phi) is 5.65. The maximum absolute atomic E-state index is 11.3. The summed E-state index contributed by atoms with van der Waals surface area (Å²) in [5.74, 6) is -0.169. The first-order valence-electron chi connectivity index (χ1n) is 5.78. The Bertz CT molecular complexity index is 196. The third-order valence-corrected chi connectivity index (χ3v) is 2.59. The van der Waals surface area contributed by atoms with E-state index in [9.17, 15) is 9.90 Å². The highest BCUT2D eigenvalue weighted by atomic mass is 16.5. The van der Waals surface area contributed by atoms with Gasteiger partial charge in [0.15, 0.2) is 0 Å². The van der Waals surface area contributed by atoms with Crippen LogP contribution in [0.5, 0.6) is 0 Å². The third-order valence-electron chi connectivity index (χ3n) is 2.59. The minimum absolute atomic E-state index is 0.169. The summed E-state index contributed by atoms with van der Waals surface area (Å²) in [6.07, 6.45) is 3.50. The summed E-state index contributed by atoms with van der Waals surface area (Å²) >= 11 is 0. The zero-order valence-electron chi connectivity index (χ0n) is 9.45. The van der Waals surface area contributed by atoms with Gasteiger partial charge in [0.1, 0.15) is 0 Å². The predicted octanol–water partition coefficient (Wildman–Crippen LogP) is 0.786. The highest BCUT2D eigenvalue weighted by Crippen LogP contribution is 2.09. The number of ether oxygens (including phenoxy) is 1. The molecule has 1 N–H and O–H groups in total. The van der Waals surface area contributed by atoms with Gasteiger partial charge in [-0.05, 0) is 25.8 Å². The molecule has 0 unspecified atom stereocenters. The van der Waals surface area contributed by atoms with E-state index in [1.54, 1.807) is 0 Å². The van der Waals surface area contributed by atoms with Crippen molar-refractivity contribution in [1.29, 1.82) is 0 Å². The Morgan fingerprint density at radius 2 is 2.40 bits per heavy atom. The maximum atomic E-state index is 11.3. The van der Waals surface area contributed by atoms with Crippen molar-refractivity contribution >= 4 is 5.97 Å². The Morgan fingerprint density at radius 1 is 1.60 bits per heavy atom. The topological polar surface area (TPSA) is 49.8 Å². The molecular weight excluding hydrogens is 194 g/mol. The summed E-state index contributed by atoms with van der Waals surface area (Å²) in [7, 11) is 0. The molecule has 1 aliphatic rings. The van der Waals surface area contributed by atoms with Gasteiger partial charge in [0.05, 0.1) is 19.3 Å². The first-order chi connectivity index (χ1) is 7.22. The van der Waals surface area contributed by atoms with Crippen molar-refractivity contribution in [3.05, 3.63) is 0 Å². The number of aliphatic hydroxyl groups excluding tert-OH is 1. The van der Waals surface area contributed by atoms with Crippen LogP contribution < -0.4 is 0 Å². The number of piperidine rings is 1. The molecule has 0 radical (unpaired) electrons. The largest absolute Gasteiger partial charge is 0.465 e. The van der Waals surface area contributed by atoms with Crippen molar-refractivity contribution in [2.45, 2.75) is 38.7 Å². The fourth-order valence-corrected chi connectivity index (χ4v) is 1.73. The lowest BCUT2D eigenvalue weighted by molar-refractivity contribution is -0.145. The Hall–Kier alpha value is -0.610. The van der Waals surface area contributed by atoms with Crippen LogP contribution in [0.3, 0.4) is 0 Å². The number of likely N-dealkylation sites (tertiary alicyclic amines) is 1. The number of β-amino-alcohol motifs (C(OH)–C–C–N with tert-alkyl or cyclic N) is 1. The second-order valence-electron chi connectivity index (χ2n) is 4.11.